The zero-order chi connectivity index (χ0) is 13.4. The molecule has 1 atom stereocenters. The molecule has 0 saturated carbocycles. The van der Waals surface area contributed by atoms with E-state index in [4.69, 9.17) is 10.5 Å². The van der Waals surface area contributed by atoms with Crippen molar-refractivity contribution in [2.75, 3.05) is 30.3 Å². The summed E-state index contributed by atoms with van der Waals surface area (Å²) in [5.41, 5.74) is 7.94. The molecule has 2 N–H and O–H groups in total. The molecule has 0 amide bonds. The van der Waals surface area contributed by atoms with Gasteiger partial charge < -0.3 is 15.4 Å². The van der Waals surface area contributed by atoms with Gasteiger partial charge in [0.15, 0.2) is 0 Å². The second-order valence-electron chi connectivity index (χ2n) is 4.63. The highest BCUT2D eigenvalue weighted by Crippen LogP contribution is 2.40. The molecule has 5 nitrogen and oxygen atoms in total. The van der Waals surface area contributed by atoms with Crippen molar-refractivity contribution >= 4 is 33.7 Å². The Morgan fingerprint density at radius 1 is 1.53 bits per heavy atom. The highest BCUT2D eigenvalue weighted by molar-refractivity contribution is 7.11. The van der Waals surface area contributed by atoms with E-state index in [1.807, 2.05) is 12.3 Å². The number of hydrogen-bond acceptors (Lipinski definition) is 7. The number of aromatic nitrogens is 2. The van der Waals surface area contributed by atoms with E-state index in [0.29, 0.717) is 5.82 Å². The summed E-state index contributed by atoms with van der Waals surface area (Å²) in [4.78, 5) is 6.83. The van der Waals surface area contributed by atoms with Gasteiger partial charge in [-0.2, -0.15) is 4.37 Å². The summed E-state index contributed by atoms with van der Waals surface area (Å²) in [7, 11) is 0. The molecule has 1 fully saturated rings. The molecule has 0 bridgehead atoms. The lowest BCUT2D eigenvalue weighted by molar-refractivity contribution is 0.0535. The quantitative estimate of drug-likeness (QED) is 0.922. The van der Waals surface area contributed by atoms with E-state index in [2.05, 4.69) is 21.2 Å². The van der Waals surface area contributed by atoms with Crippen LogP contribution in [0.5, 0.6) is 0 Å². The van der Waals surface area contributed by atoms with Crippen LogP contribution in [0.4, 0.5) is 10.8 Å². The molecule has 0 aromatic carbocycles. The first-order valence-electron chi connectivity index (χ1n) is 6.19. The van der Waals surface area contributed by atoms with Crippen LogP contribution in [0.2, 0.25) is 0 Å². The number of nitrogens with two attached hydrogens (primary N) is 1. The van der Waals surface area contributed by atoms with Crippen molar-refractivity contribution in [3.63, 3.8) is 0 Å². The molecule has 1 aliphatic rings. The average molecular weight is 296 g/mol. The molecular formula is C12H16N4OS2. The Hall–Kier alpha value is -1.18. The van der Waals surface area contributed by atoms with Gasteiger partial charge in [-0.25, -0.2) is 4.98 Å². The summed E-state index contributed by atoms with van der Waals surface area (Å²) in [6, 6.07) is 0. The van der Waals surface area contributed by atoms with Crippen molar-refractivity contribution in [3.8, 4) is 11.3 Å². The largest absolute Gasteiger partial charge is 0.382 e. The predicted molar refractivity (Wildman–Crippen MR) is 80.0 cm³/mol. The fourth-order valence-electron chi connectivity index (χ4n) is 2.23. The lowest BCUT2D eigenvalue weighted by Crippen LogP contribution is -2.40. The van der Waals surface area contributed by atoms with E-state index < -0.39 is 0 Å². The van der Waals surface area contributed by atoms with E-state index in [1.54, 1.807) is 11.3 Å². The third-order valence-corrected chi connectivity index (χ3v) is 4.80. The monoisotopic (exact) mass is 296 g/mol. The van der Waals surface area contributed by atoms with E-state index in [0.717, 1.165) is 41.0 Å². The van der Waals surface area contributed by atoms with Gasteiger partial charge >= 0.3 is 0 Å². The van der Waals surface area contributed by atoms with Gasteiger partial charge in [0, 0.05) is 18.5 Å². The number of nitrogens with zero attached hydrogens (tertiary/aromatic N) is 3. The van der Waals surface area contributed by atoms with Crippen molar-refractivity contribution < 1.29 is 4.74 Å². The average Bonchev–Trinajstić information content (AvgIpc) is 2.95. The molecule has 2 aromatic rings. The molecule has 3 heterocycles. The Bertz CT molecular complexity index is 580. The molecular weight excluding hydrogens is 280 g/mol. The van der Waals surface area contributed by atoms with Crippen LogP contribution in [0.3, 0.4) is 0 Å². The van der Waals surface area contributed by atoms with Crippen molar-refractivity contribution in [2.24, 2.45) is 0 Å². The number of aryl methyl sites for hydroxylation is 1. The van der Waals surface area contributed by atoms with Crippen LogP contribution >= 0.6 is 22.9 Å². The topological polar surface area (TPSA) is 64.3 Å². The Balaban J connectivity index is 1.98. The highest BCUT2D eigenvalue weighted by Gasteiger charge is 2.24. The molecule has 0 aliphatic carbocycles. The molecule has 2 aromatic heterocycles. The molecule has 1 unspecified atom stereocenters. The Kier molecular flexibility index (Phi) is 3.42. The number of hydrogen-bond donors (Lipinski definition) is 1. The predicted octanol–water partition coefficient (Wildman–Crippen LogP) is 2.38. The molecule has 102 valence electrons. The summed E-state index contributed by atoms with van der Waals surface area (Å²) in [5.74, 6) is 0.574. The number of ether oxygens (including phenoxy) is 1. The smallest absolute Gasteiger partial charge is 0.148 e. The maximum Gasteiger partial charge on any atom is 0.148 e. The first-order valence-corrected chi connectivity index (χ1v) is 7.84. The summed E-state index contributed by atoms with van der Waals surface area (Å²) >= 11 is 3.08. The minimum atomic E-state index is 0.238. The van der Waals surface area contributed by atoms with Gasteiger partial charge in [-0.3, -0.25) is 0 Å². The van der Waals surface area contributed by atoms with E-state index >= 15 is 0 Å². The first-order chi connectivity index (χ1) is 9.15. The van der Waals surface area contributed by atoms with Crippen LogP contribution in [0.25, 0.3) is 11.3 Å². The number of nitrogen functional groups attached to an aromatic ring is 1. The Morgan fingerprint density at radius 2 is 2.37 bits per heavy atom. The summed E-state index contributed by atoms with van der Waals surface area (Å²) < 4.78 is 9.89. The zero-order valence-electron chi connectivity index (χ0n) is 10.9. The van der Waals surface area contributed by atoms with Gasteiger partial charge in [0.1, 0.15) is 10.8 Å². The fraction of sp³-hybridized carbons (Fsp3) is 0.500. The SMILES string of the molecule is Cc1nc(-c2c(N)nsc2N2CCOC(C)C2)cs1. The maximum absolute atomic E-state index is 6.03. The van der Waals surface area contributed by atoms with Crippen molar-refractivity contribution in [1.29, 1.82) is 0 Å². The van der Waals surface area contributed by atoms with Gasteiger partial charge in [-0.1, -0.05) is 0 Å². The third-order valence-electron chi connectivity index (χ3n) is 3.10. The normalized spacial score (nSPS) is 19.9. The second-order valence-corrected chi connectivity index (χ2v) is 6.44. The molecule has 0 spiro atoms. The van der Waals surface area contributed by atoms with Gasteiger partial charge in [-0.15, -0.1) is 11.3 Å². The van der Waals surface area contributed by atoms with Gasteiger partial charge in [0.2, 0.25) is 0 Å². The molecule has 7 heteroatoms. The van der Waals surface area contributed by atoms with Crippen molar-refractivity contribution in [2.45, 2.75) is 20.0 Å². The van der Waals surface area contributed by atoms with Crippen LogP contribution in [0.15, 0.2) is 5.38 Å². The van der Waals surface area contributed by atoms with Gasteiger partial charge in [0.05, 0.1) is 29.0 Å². The highest BCUT2D eigenvalue weighted by atomic mass is 32.1. The van der Waals surface area contributed by atoms with E-state index in [9.17, 15) is 0 Å². The van der Waals surface area contributed by atoms with Crippen LogP contribution in [0.1, 0.15) is 11.9 Å². The Labute approximate surface area is 120 Å². The van der Waals surface area contributed by atoms with Crippen LogP contribution < -0.4 is 10.6 Å². The van der Waals surface area contributed by atoms with Crippen molar-refractivity contribution in [1.82, 2.24) is 9.36 Å². The molecule has 3 rings (SSSR count). The minimum absolute atomic E-state index is 0.238. The maximum atomic E-state index is 6.03. The summed E-state index contributed by atoms with van der Waals surface area (Å²) in [6.07, 6.45) is 0.238. The second kappa shape index (κ2) is 5.07. The zero-order valence-corrected chi connectivity index (χ0v) is 12.6. The first kappa shape index (κ1) is 12.8. The number of anilines is 2. The lowest BCUT2D eigenvalue weighted by Gasteiger charge is -2.32. The van der Waals surface area contributed by atoms with Crippen molar-refractivity contribution in [3.05, 3.63) is 10.4 Å². The lowest BCUT2D eigenvalue weighted by atomic mass is 10.2. The molecule has 1 aliphatic heterocycles. The van der Waals surface area contributed by atoms with Gasteiger partial charge in [0.25, 0.3) is 0 Å². The molecule has 0 radical (unpaired) electrons. The molecule has 1 saturated heterocycles. The van der Waals surface area contributed by atoms with Gasteiger partial charge in [-0.05, 0) is 25.4 Å². The fourth-order valence-corrected chi connectivity index (χ4v) is 3.69. The van der Waals surface area contributed by atoms with Crippen LogP contribution in [-0.4, -0.2) is 35.2 Å². The number of morpholine rings is 1. The standard InChI is InChI=1S/C12H16N4OS2/c1-7-5-16(3-4-17-7)12-10(11(13)15-19-12)9-6-18-8(2)14-9/h6-7H,3-5H2,1-2H3,(H2,13,15). The summed E-state index contributed by atoms with van der Waals surface area (Å²) in [5, 5.41) is 4.20. The summed E-state index contributed by atoms with van der Waals surface area (Å²) in [6.45, 7) is 6.58. The number of rotatable bonds is 2. The third kappa shape index (κ3) is 2.45. The van der Waals surface area contributed by atoms with Crippen LogP contribution in [-0.2, 0) is 4.74 Å². The Morgan fingerprint density at radius 3 is 3.05 bits per heavy atom. The minimum Gasteiger partial charge on any atom is -0.382 e. The van der Waals surface area contributed by atoms with Crippen LogP contribution in [0, 0.1) is 6.92 Å². The number of thiazole rings is 1. The van der Waals surface area contributed by atoms with E-state index in [-0.39, 0.29) is 6.10 Å². The van der Waals surface area contributed by atoms with E-state index in [1.165, 1.54) is 11.5 Å². The molecule has 19 heavy (non-hydrogen) atoms.